The average molecular weight is 477 g/mol. The largest absolute Gasteiger partial charge is 0.450 e. The average Bonchev–Trinajstić information content (AvgIpc) is 2.90. The molecule has 5 rings (SSSR count). The summed E-state index contributed by atoms with van der Waals surface area (Å²) < 4.78 is 51.0. The molecule has 0 bridgehead atoms. The minimum Gasteiger partial charge on any atom is -0.450 e. The molecule has 0 aliphatic heterocycles. The van der Waals surface area contributed by atoms with Crippen LogP contribution < -0.4 is 5.43 Å². The van der Waals surface area contributed by atoms with Gasteiger partial charge in [0.2, 0.25) is 17.0 Å². The smallest absolute Gasteiger partial charge is 0.339 e. The summed E-state index contributed by atoms with van der Waals surface area (Å²) >= 11 is 0. The Kier molecular flexibility index (Phi) is 5.37. The van der Waals surface area contributed by atoms with Crippen molar-refractivity contribution in [2.75, 3.05) is 0 Å². The minimum absolute atomic E-state index is 0.0602. The number of aromatic nitrogens is 3. The van der Waals surface area contributed by atoms with Crippen molar-refractivity contribution in [2.24, 2.45) is 0 Å². The molecule has 10 heteroatoms. The summed E-state index contributed by atoms with van der Waals surface area (Å²) in [7, 11) is 0. The predicted molar refractivity (Wildman–Crippen MR) is 119 cm³/mol. The number of Topliss-reactive ketones (excluding diaryl/α,β-unsaturated/α-hetero) is 1. The summed E-state index contributed by atoms with van der Waals surface area (Å²) in [6.45, 7) is 0. The molecule has 0 radical (unpaired) electrons. The highest BCUT2D eigenvalue weighted by Gasteiger charge is 2.48. The Hall–Kier alpha value is -4.44. The molecule has 5 aromatic rings. The lowest BCUT2D eigenvalue weighted by atomic mass is 9.93. The van der Waals surface area contributed by atoms with Gasteiger partial charge >= 0.3 is 5.92 Å². The second-order valence-corrected chi connectivity index (χ2v) is 7.66. The monoisotopic (exact) mass is 477 g/mol. The van der Waals surface area contributed by atoms with Gasteiger partial charge in [0.15, 0.2) is 17.4 Å². The highest BCUT2D eigenvalue weighted by Crippen LogP contribution is 2.37. The Labute approximate surface area is 194 Å². The lowest BCUT2D eigenvalue weighted by Crippen LogP contribution is -2.36. The first-order chi connectivity index (χ1) is 16.8. The number of alkyl halides is 2. The lowest BCUT2D eigenvalue weighted by Gasteiger charge is -2.22. The van der Waals surface area contributed by atoms with Crippen LogP contribution in [-0.2, 0) is 0 Å². The maximum atomic E-state index is 15.1. The number of nitrogens with zero attached hydrogens (tertiary/aromatic N) is 3. The van der Waals surface area contributed by atoms with Crippen LogP contribution in [0, 0.1) is 5.82 Å². The van der Waals surface area contributed by atoms with Crippen LogP contribution in [0.2, 0.25) is 0 Å². The molecule has 0 fully saturated rings. The minimum atomic E-state index is -4.30. The topological polar surface area (TPSA) is 106 Å². The molecule has 1 unspecified atom stereocenters. The van der Waals surface area contributed by atoms with Gasteiger partial charge in [0.25, 0.3) is 0 Å². The van der Waals surface area contributed by atoms with E-state index >= 15 is 8.78 Å². The summed E-state index contributed by atoms with van der Waals surface area (Å²) in [5, 5.41) is 9.75. The Bertz CT molecular complexity index is 1640. The van der Waals surface area contributed by atoms with Gasteiger partial charge in [-0.15, -0.1) is 0 Å². The predicted octanol–water partition coefficient (Wildman–Crippen LogP) is 4.49. The normalized spacial score (nSPS) is 12.7. The van der Waals surface area contributed by atoms with E-state index in [1.54, 1.807) is 0 Å². The molecule has 4 aromatic heterocycles. The number of aliphatic hydroxyl groups excluding tert-OH is 1. The summed E-state index contributed by atoms with van der Waals surface area (Å²) in [5.41, 5.74) is -2.15. The Balaban J connectivity index is 1.75. The van der Waals surface area contributed by atoms with E-state index < -0.39 is 45.8 Å². The van der Waals surface area contributed by atoms with Gasteiger partial charge in [0.1, 0.15) is 5.52 Å². The van der Waals surface area contributed by atoms with Crippen LogP contribution in [0.4, 0.5) is 13.2 Å². The summed E-state index contributed by atoms with van der Waals surface area (Å²) in [5.74, 6) is -7.75. The van der Waals surface area contributed by atoms with Crippen molar-refractivity contribution in [2.45, 2.75) is 12.0 Å². The van der Waals surface area contributed by atoms with Crippen LogP contribution in [0.15, 0.2) is 82.7 Å². The summed E-state index contributed by atoms with van der Waals surface area (Å²) in [6.07, 6.45) is 3.89. The standard InChI is InChI=1S/C25H14F3N3O4/c26-18-20(32)17-10-16(24(34)25(27,28)23(33)14-5-2-8-30-12-14)15-6-3-9-31-19(15)22(17)35-21(18)13-4-1-7-29-11-13/h1-12,23,33H. The SMILES string of the molecule is O=C(c1cc2c(=O)c(F)c(-c3cccnc3)oc2c2ncccc12)C(F)(F)C(O)c1cccnc1. The van der Waals surface area contributed by atoms with E-state index in [4.69, 9.17) is 4.42 Å². The molecule has 0 amide bonds. The van der Waals surface area contributed by atoms with E-state index in [-0.39, 0.29) is 27.6 Å². The number of fused-ring (bicyclic) bond motifs is 3. The Morgan fingerprint density at radius 2 is 1.71 bits per heavy atom. The number of ketones is 1. The quantitative estimate of drug-likeness (QED) is 0.294. The molecule has 0 spiro atoms. The number of benzene rings is 1. The number of aliphatic hydroxyl groups is 1. The van der Waals surface area contributed by atoms with E-state index in [0.717, 1.165) is 12.3 Å². The summed E-state index contributed by atoms with van der Waals surface area (Å²) in [4.78, 5) is 37.6. The van der Waals surface area contributed by atoms with Gasteiger partial charge in [-0.05, 0) is 30.3 Å². The van der Waals surface area contributed by atoms with E-state index in [1.165, 1.54) is 61.2 Å². The van der Waals surface area contributed by atoms with E-state index in [1.807, 2.05) is 0 Å². The fourth-order valence-corrected chi connectivity index (χ4v) is 3.78. The molecule has 1 aromatic carbocycles. The molecule has 1 N–H and O–H groups in total. The van der Waals surface area contributed by atoms with Crippen molar-refractivity contribution in [3.8, 4) is 11.3 Å². The highest BCUT2D eigenvalue weighted by atomic mass is 19.3. The molecule has 4 heterocycles. The molecular weight excluding hydrogens is 463 g/mol. The Morgan fingerprint density at radius 3 is 2.40 bits per heavy atom. The number of pyridine rings is 3. The van der Waals surface area contributed by atoms with E-state index in [0.29, 0.717) is 0 Å². The third kappa shape index (κ3) is 3.64. The third-order valence-electron chi connectivity index (χ3n) is 5.51. The van der Waals surface area contributed by atoms with Crippen molar-refractivity contribution in [1.29, 1.82) is 0 Å². The molecule has 0 saturated carbocycles. The number of carbonyl (C=O) groups excluding carboxylic acids is 1. The number of rotatable bonds is 5. The molecule has 1 atom stereocenters. The van der Waals surface area contributed by atoms with Gasteiger partial charge in [0.05, 0.1) is 5.39 Å². The first-order valence-corrected chi connectivity index (χ1v) is 10.3. The number of hydrogen-bond acceptors (Lipinski definition) is 7. The van der Waals surface area contributed by atoms with Crippen LogP contribution in [0.3, 0.4) is 0 Å². The van der Waals surface area contributed by atoms with Crippen LogP contribution >= 0.6 is 0 Å². The van der Waals surface area contributed by atoms with E-state index in [9.17, 15) is 19.1 Å². The maximum Gasteiger partial charge on any atom is 0.339 e. The first kappa shape index (κ1) is 22.4. The molecule has 7 nitrogen and oxygen atoms in total. The van der Waals surface area contributed by atoms with Crippen LogP contribution in [0.5, 0.6) is 0 Å². The highest BCUT2D eigenvalue weighted by molar-refractivity contribution is 6.17. The van der Waals surface area contributed by atoms with Crippen LogP contribution in [0.25, 0.3) is 33.2 Å². The molecule has 0 aliphatic rings. The van der Waals surface area contributed by atoms with Crippen molar-refractivity contribution >= 4 is 27.7 Å². The zero-order valence-corrected chi connectivity index (χ0v) is 17.7. The second kappa shape index (κ2) is 8.41. The van der Waals surface area contributed by atoms with Gasteiger partial charge in [-0.2, -0.15) is 13.2 Å². The van der Waals surface area contributed by atoms with Crippen LogP contribution in [-0.4, -0.2) is 31.8 Å². The maximum absolute atomic E-state index is 15.1. The zero-order valence-electron chi connectivity index (χ0n) is 17.7. The number of halogens is 3. The van der Waals surface area contributed by atoms with Gasteiger partial charge < -0.3 is 9.52 Å². The third-order valence-corrected chi connectivity index (χ3v) is 5.51. The van der Waals surface area contributed by atoms with Crippen molar-refractivity contribution in [1.82, 2.24) is 15.0 Å². The zero-order chi connectivity index (χ0) is 24.7. The van der Waals surface area contributed by atoms with Gasteiger partial charge in [-0.1, -0.05) is 12.1 Å². The lowest BCUT2D eigenvalue weighted by molar-refractivity contribution is -0.0792. The summed E-state index contributed by atoms with van der Waals surface area (Å²) in [6, 6.07) is 9.12. The molecular formula is C25H14F3N3O4. The van der Waals surface area contributed by atoms with Crippen molar-refractivity contribution in [3.05, 3.63) is 101 Å². The molecule has 174 valence electrons. The second-order valence-electron chi connectivity index (χ2n) is 7.66. The fraction of sp³-hybridized carbons (Fsp3) is 0.0800. The van der Waals surface area contributed by atoms with Crippen molar-refractivity contribution < 1.29 is 27.5 Å². The molecule has 0 saturated heterocycles. The number of hydrogen-bond donors (Lipinski definition) is 1. The van der Waals surface area contributed by atoms with Crippen LogP contribution in [0.1, 0.15) is 22.0 Å². The van der Waals surface area contributed by atoms with Gasteiger partial charge in [-0.3, -0.25) is 24.5 Å². The first-order valence-electron chi connectivity index (χ1n) is 10.3. The fourth-order valence-electron chi connectivity index (χ4n) is 3.78. The van der Waals surface area contributed by atoms with E-state index in [2.05, 4.69) is 15.0 Å². The van der Waals surface area contributed by atoms with Gasteiger partial charge in [0, 0.05) is 53.1 Å². The molecule has 0 aliphatic carbocycles. The molecule has 35 heavy (non-hydrogen) atoms. The van der Waals surface area contributed by atoms with Crippen molar-refractivity contribution in [3.63, 3.8) is 0 Å². The Morgan fingerprint density at radius 1 is 1.00 bits per heavy atom. The van der Waals surface area contributed by atoms with Gasteiger partial charge in [-0.25, -0.2) is 0 Å². The number of carbonyl (C=O) groups is 1.